The topological polar surface area (TPSA) is 18.5 Å². The summed E-state index contributed by atoms with van der Waals surface area (Å²) in [6, 6.07) is 0. The fraction of sp³-hybridized carbons (Fsp3) is 1.00. The second kappa shape index (κ2) is 6.81. The molecule has 56 valence electrons. The van der Waals surface area contributed by atoms with Gasteiger partial charge in [0.25, 0.3) is 0 Å². The molecule has 0 aromatic carbocycles. The second-order valence-electron chi connectivity index (χ2n) is 1.46. The molecule has 4 heteroatoms. The highest BCUT2D eigenvalue weighted by Gasteiger charge is 1.95. The zero-order chi connectivity index (χ0) is 7.11. The molecule has 0 fully saturated rings. The number of rotatable bonds is 5. The number of ether oxygens (including phenoxy) is 2. The van der Waals surface area contributed by atoms with Crippen LogP contribution in [-0.4, -0.2) is 31.2 Å². The van der Waals surface area contributed by atoms with Crippen LogP contribution in [0.1, 0.15) is 0 Å². The SMILES string of the molecule is COCCOCC(Cl)Br. The first-order chi connectivity index (χ1) is 4.27. The maximum absolute atomic E-state index is 5.51. The van der Waals surface area contributed by atoms with Crippen LogP contribution in [0.4, 0.5) is 0 Å². The first-order valence-corrected chi connectivity index (χ1v) is 3.97. The lowest BCUT2D eigenvalue weighted by atomic mass is 10.7. The molecule has 0 aliphatic carbocycles. The molecule has 1 atom stereocenters. The Balaban J connectivity index is 2.75. The fourth-order valence-electron chi connectivity index (χ4n) is 0.315. The van der Waals surface area contributed by atoms with Gasteiger partial charge in [-0.2, -0.15) is 0 Å². The van der Waals surface area contributed by atoms with Gasteiger partial charge in [0, 0.05) is 7.11 Å². The van der Waals surface area contributed by atoms with Crippen molar-refractivity contribution < 1.29 is 9.47 Å². The molecule has 0 rings (SSSR count). The fourth-order valence-corrected chi connectivity index (χ4v) is 0.591. The predicted octanol–water partition coefficient (Wildman–Crippen LogP) is 1.61. The zero-order valence-electron chi connectivity index (χ0n) is 5.27. The van der Waals surface area contributed by atoms with Crippen LogP contribution in [0.2, 0.25) is 0 Å². The van der Waals surface area contributed by atoms with Crippen LogP contribution in [-0.2, 0) is 9.47 Å². The first kappa shape index (κ1) is 9.69. The van der Waals surface area contributed by atoms with Crippen LogP contribution in [0.25, 0.3) is 0 Å². The second-order valence-corrected chi connectivity index (χ2v) is 3.62. The van der Waals surface area contributed by atoms with Crippen molar-refractivity contribution in [3.05, 3.63) is 0 Å². The smallest absolute Gasteiger partial charge is 0.112 e. The number of methoxy groups -OCH3 is 1. The number of halogens is 2. The van der Waals surface area contributed by atoms with Crippen LogP contribution in [0.15, 0.2) is 0 Å². The van der Waals surface area contributed by atoms with Gasteiger partial charge in [-0.25, -0.2) is 0 Å². The maximum atomic E-state index is 5.51. The van der Waals surface area contributed by atoms with Crippen LogP contribution >= 0.6 is 27.5 Å². The van der Waals surface area contributed by atoms with E-state index in [0.717, 1.165) is 0 Å². The van der Waals surface area contributed by atoms with Crippen molar-refractivity contribution >= 4 is 27.5 Å². The third kappa shape index (κ3) is 8.69. The van der Waals surface area contributed by atoms with Crippen molar-refractivity contribution in [3.63, 3.8) is 0 Å². The van der Waals surface area contributed by atoms with Crippen molar-refractivity contribution in [3.8, 4) is 0 Å². The number of hydrogen-bond acceptors (Lipinski definition) is 2. The molecule has 0 aromatic rings. The standard InChI is InChI=1S/C5H10BrClO2/c1-8-2-3-9-4-5(6)7/h5H,2-4H2,1H3. The average molecular weight is 217 g/mol. The van der Waals surface area contributed by atoms with E-state index < -0.39 is 0 Å². The molecule has 0 spiro atoms. The van der Waals surface area contributed by atoms with E-state index in [-0.39, 0.29) is 4.29 Å². The van der Waals surface area contributed by atoms with Crippen molar-refractivity contribution in [1.82, 2.24) is 0 Å². The molecule has 0 amide bonds. The third-order valence-corrected chi connectivity index (χ3v) is 1.07. The van der Waals surface area contributed by atoms with Gasteiger partial charge < -0.3 is 9.47 Å². The highest BCUT2D eigenvalue weighted by Crippen LogP contribution is 2.03. The summed E-state index contributed by atoms with van der Waals surface area (Å²) in [6.45, 7) is 1.74. The predicted molar refractivity (Wildman–Crippen MR) is 41.3 cm³/mol. The quantitative estimate of drug-likeness (QED) is 0.515. The summed E-state index contributed by atoms with van der Waals surface area (Å²) in [6.07, 6.45) is 0. The number of alkyl halides is 2. The Labute approximate surface area is 68.6 Å². The molecular formula is C5H10BrClO2. The lowest BCUT2D eigenvalue weighted by Gasteiger charge is -2.02. The summed E-state index contributed by atoms with van der Waals surface area (Å²) in [5, 5.41) is 0. The highest BCUT2D eigenvalue weighted by molar-refractivity contribution is 9.10. The van der Waals surface area contributed by atoms with E-state index in [1.54, 1.807) is 7.11 Å². The summed E-state index contributed by atoms with van der Waals surface area (Å²) in [5.74, 6) is 0. The van der Waals surface area contributed by atoms with Gasteiger partial charge in [0.05, 0.1) is 19.8 Å². The summed E-state index contributed by atoms with van der Waals surface area (Å²) in [5.41, 5.74) is 0. The van der Waals surface area contributed by atoms with E-state index in [0.29, 0.717) is 19.8 Å². The maximum Gasteiger partial charge on any atom is 0.112 e. The molecule has 2 nitrogen and oxygen atoms in total. The van der Waals surface area contributed by atoms with Crippen molar-refractivity contribution in [2.45, 2.75) is 4.29 Å². The highest BCUT2D eigenvalue weighted by atomic mass is 79.9. The van der Waals surface area contributed by atoms with Crippen LogP contribution in [0.3, 0.4) is 0 Å². The normalized spacial score (nSPS) is 13.7. The zero-order valence-corrected chi connectivity index (χ0v) is 7.61. The van der Waals surface area contributed by atoms with Crippen LogP contribution in [0, 0.1) is 0 Å². The van der Waals surface area contributed by atoms with Crippen molar-refractivity contribution in [2.75, 3.05) is 26.9 Å². The van der Waals surface area contributed by atoms with Gasteiger partial charge in [-0.1, -0.05) is 15.9 Å². The molecule has 0 radical (unpaired) electrons. The average Bonchev–Trinajstić information content (AvgIpc) is 1.80. The van der Waals surface area contributed by atoms with E-state index in [9.17, 15) is 0 Å². The minimum absolute atomic E-state index is 0.0886. The Morgan fingerprint density at radius 2 is 2.22 bits per heavy atom. The van der Waals surface area contributed by atoms with Crippen LogP contribution in [0.5, 0.6) is 0 Å². The molecule has 0 aromatic heterocycles. The van der Waals surface area contributed by atoms with Crippen LogP contribution < -0.4 is 0 Å². The molecule has 9 heavy (non-hydrogen) atoms. The van der Waals surface area contributed by atoms with Gasteiger partial charge in [0.2, 0.25) is 0 Å². The molecule has 0 heterocycles. The van der Waals surface area contributed by atoms with Gasteiger partial charge in [0.1, 0.15) is 4.29 Å². The molecule has 0 saturated heterocycles. The van der Waals surface area contributed by atoms with Gasteiger partial charge in [-0.3, -0.25) is 0 Å². The Morgan fingerprint density at radius 1 is 1.56 bits per heavy atom. The monoisotopic (exact) mass is 216 g/mol. The van der Waals surface area contributed by atoms with E-state index in [1.807, 2.05) is 0 Å². The molecule has 0 bridgehead atoms. The van der Waals surface area contributed by atoms with Crippen molar-refractivity contribution in [1.29, 1.82) is 0 Å². The van der Waals surface area contributed by atoms with Gasteiger partial charge in [-0.15, -0.1) is 11.6 Å². The van der Waals surface area contributed by atoms with E-state index in [4.69, 9.17) is 21.1 Å². The Hall–Kier alpha value is 0.690. The minimum atomic E-state index is -0.0886. The molecule has 0 saturated carbocycles. The first-order valence-electron chi connectivity index (χ1n) is 2.62. The largest absolute Gasteiger partial charge is 0.382 e. The number of hydrogen-bond donors (Lipinski definition) is 0. The molecule has 0 aliphatic rings. The summed E-state index contributed by atoms with van der Waals surface area (Å²) in [7, 11) is 1.63. The van der Waals surface area contributed by atoms with Gasteiger partial charge in [0.15, 0.2) is 0 Å². The lowest BCUT2D eigenvalue weighted by Crippen LogP contribution is -2.06. The Morgan fingerprint density at radius 3 is 2.67 bits per heavy atom. The summed E-state index contributed by atoms with van der Waals surface area (Å²) in [4.78, 5) is 0. The molecule has 0 N–H and O–H groups in total. The van der Waals surface area contributed by atoms with E-state index >= 15 is 0 Å². The minimum Gasteiger partial charge on any atom is -0.382 e. The Kier molecular flexibility index (Phi) is 7.33. The van der Waals surface area contributed by atoms with E-state index in [2.05, 4.69) is 15.9 Å². The lowest BCUT2D eigenvalue weighted by molar-refractivity contribution is 0.0769. The molecule has 0 aliphatic heterocycles. The summed E-state index contributed by atoms with van der Waals surface area (Å²) < 4.78 is 9.68. The van der Waals surface area contributed by atoms with Gasteiger partial charge >= 0.3 is 0 Å². The van der Waals surface area contributed by atoms with Gasteiger partial charge in [-0.05, 0) is 0 Å². The Bertz CT molecular complexity index is 60.9. The summed E-state index contributed by atoms with van der Waals surface area (Å²) >= 11 is 8.63. The van der Waals surface area contributed by atoms with Crippen molar-refractivity contribution in [2.24, 2.45) is 0 Å². The molecule has 1 unspecified atom stereocenters. The van der Waals surface area contributed by atoms with E-state index in [1.165, 1.54) is 0 Å². The third-order valence-electron chi connectivity index (χ3n) is 0.676. The molecular weight excluding hydrogens is 207 g/mol.